The van der Waals surface area contributed by atoms with Gasteiger partial charge in [0, 0.05) is 29.6 Å². The summed E-state index contributed by atoms with van der Waals surface area (Å²) in [5.41, 5.74) is 1.06. The number of nitrogens with zero attached hydrogens (tertiary/aromatic N) is 1. The second kappa shape index (κ2) is 10.2. The first-order valence-electron chi connectivity index (χ1n) is 9.63. The fourth-order valence-electron chi connectivity index (χ4n) is 3.08. The SMILES string of the molecule is C[C@H](Sc1ccc(Cl)cc1)C(=O)NCc1ccc(OC2CCN(C)CC2)cc1. The normalized spacial score (nSPS) is 16.5. The van der Waals surface area contributed by atoms with Crippen LogP contribution in [0.25, 0.3) is 0 Å². The lowest BCUT2D eigenvalue weighted by Crippen LogP contribution is -2.35. The maximum Gasteiger partial charge on any atom is 0.233 e. The van der Waals surface area contributed by atoms with E-state index in [1.807, 2.05) is 55.5 Å². The zero-order chi connectivity index (χ0) is 19.9. The molecule has 0 saturated carbocycles. The maximum absolute atomic E-state index is 12.4. The molecule has 0 radical (unpaired) electrons. The molecule has 3 rings (SSSR count). The fourth-order valence-corrected chi connectivity index (χ4v) is 4.10. The zero-order valence-electron chi connectivity index (χ0n) is 16.4. The lowest BCUT2D eigenvalue weighted by atomic mass is 10.1. The number of benzene rings is 2. The van der Waals surface area contributed by atoms with Crippen LogP contribution in [0.4, 0.5) is 0 Å². The van der Waals surface area contributed by atoms with Gasteiger partial charge >= 0.3 is 0 Å². The van der Waals surface area contributed by atoms with Crippen LogP contribution in [0.3, 0.4) is 0 Å². The number of amides is 1. The highest BCUT2D eigenvalue weighted by Gasteiger charge is 2.18. The molecule has 1 N–H and O–H groups in total. The molecule has 1 atom stereocenters. The van der Waals surface area contributed by atoms with Crippen LogP contribution in [-0.2, 0) is 11.3 Å². The quantitative estimate of drug-likeness (QED) is 0.666. The van der Waals surface area contributed by atoms with E-state index in [1.165, 1.54) is 11.8 Å². The number of thioether (sulfide) groups is 1. The van der Waals surface area contributed by atoms with Crippen molar-refractivity contribution in [3.8, 4) is 5.75 Å². The second-order valence-corrected chi connectivity index (χ2v) is 9.05. The molecular formula is C22H27ClN2O2S. The molecule has 1 aliphatic rings. The molecule has 1 saturated heterocycles. The summed E-state index contributed by atoms with van der Waals surface area (Å²) in [6, 6.07) is 15.5. The molecule has 2 aromatic carbocycles. The number of rotatable bonds is 7. The maximum atomic E-state index is 12.4. The molecule has 6 heteroatoms. The second-order valence-electron chi connectivity index (χ2n) is 7.20. The van der Waals surface area contributed by atoms with Crippen molar-refractivity contribution in [2.75, 3.05) is 20.1 Å². The molecule has 2 aromatic rings. The Labute approximate surface area is 176 Å². The number of piperidine rings is 1. The summed E-state index contributed by atoms with van der Waals surface area (Å²) >= 11 is 7.42. The van der Waals surface area contributed by atoms with Gasteiger partial charge in [-0.1, -0.05) is 23.7 Å². The van der Waals surface area contributed by atoms with E-state index >= 15 is 0 Å². The molecule has 150 valence electrons. The Morgan fingerprint density at radius 1 is 1.18 bits per heavy atom. The summed E-state index contributed by atoms with van der Waals surface area (Å²) in [7, 11) is 2.15. The average Bonchev–Trinajstić information content (AvgIpc) is 2.70. The van der Waals surface area contributed by atoms with Crippen molar-refractivity contribution in [1.29, 1.82) is 0 Å². The number of hydrogen-bond acceptors (Lipinski definition) is 4. The standard InChI is InChI=1S/C22H27ClN2O2S/c1-16(28-21-9-5-18(23)6-10-21)22(26)24-15-17-3-7-19(8-4-17)27-20-11-13-25(2)14-12-20/h3-10,16,20H,11-15H2,1-2H3,(H,24,26)/t16-/m0/s1. The van der Waals surface area contributed by atoms with Gasteiger partial charge in [0.25, 0.3) is 0 Å². The van der Waals surface area contributed by atoms with Crippen LogP contribution >= 0.6 is 23.4 Å². The van der Waals surface area contributed by atoms with Crippen molar-refractivity contribution < 1.29 is 9.53 Å². The molecule has 1 amide bonds. The molecule has 1 aliphatic heterocycles. The van der Waals surface area contributed by atoms with Crippen molar-refractivity contribution >= 4 is 29.3 Å². The molecule has 0 bridgehead atoms. The highest BCUT2D eigenvalue weighted by atomic mass is 35.5. The Hall–Kier alpha value is -1.69. The van der Waals surface area contributed by atoms with Gasteiger partial charge in [0.05, 0.1) is 5.25 Å². The van der Waals surface area contributed by atoms with Gasteiger partial charge in [0.15, 0.2) is 0 Å². The van der Waals surface area contributed by atoms with Crippen LogP contribution in [0.5, 0.6) is 5.75 Å². The van der Waals surface area contributed by atoms with E-state index in [0.717, 1.165) is 42.1 Å². The number of nitrogens with one attached hydrogen (secondary N) is 1. The summed E-state index contributed by atoms with van der Waals surface area (Å²) in [4.78, 5) is 15.7. The van der Waals surface area contributed by atoms with Crippen LogP contribution in [-0.4, -0.2) is 42.3 Å². The van der Waals surface area contributed by atoms with Crippen molar-refractivity contribution in [3.63, 3.8) is 0 Å². The first-order chi connectivity index (χ1) is 13.5. The Bertz CT molecular complexity index is 759. The molecule has 1 fully saturated rings. The summed E-state index contributed by atoms with van der Waals surface area (Å²) in [6.07, 6.45) is 2.43. The van der Waals surface area contributed by atoms with E-state index in [9.17, 15) is 4.79 Å². The molecule has 0 spiro atoms. The van der Waals surface area contributed by atoms with Gasteiger partial charge in [-0.25, -0.2) is 0 Å². The summed E-state index contributed by atoms with van der Waals surface area (Å²) in [6.45, 7) is 4.59. The topological polar surface area (TPSA) is 41.6 Å². The predicted molar refractivity (Wildman–Crippen MR) is 116 cm³/mol. The van der Waals surface area contributed by atoms with E-state index in [4.69, 9.17) is 16.3 Å². The van der Waals surface area contributed by atoms with Crippen molar-refractivity contribution in [2.24, 2.45) is 0 Å². The van der Waals surface area contributed by atoms with Gasteiger partial charge < -0.3 is 15.0 Å². The van der Waals surface area contributed by atoms with E-state index in [1.54, 1.807) is 0 Å². The smallest absolute Gasteiger partial charge is 0.233 e. The molecule has 4 nitrogen and oxygen atoms in total. The lowest BCUT2D eigenvalue weighted by Gasteiger charge is -2.29. The first-order valence-corrected chi connectivity index (χ1v) is 10.9. The largest absolute Gasteiger partial charge is 0.490 e. The van der Waals surface area contributed by atoms with E-state index in [0.29, 0.717) is 17.7 Å². The monoisotopic (exact) mass is 418 g/mol. The Morgan fingerprint density at radius 2 is 1.82 bits per heavy atom. The first kappa shape index (κ1) is 21.0. The van der Waals surface area contributed by atoms with Crippen LogP contribution in [0.1, 0.15) is 25.3 Å². The minimum Gasteiger partial charge on any atom is -0.490 e. The van der Waals surface area contributed by atoms with Gasteiger partial charge in [0.2, 0.25) is 5.91 Å². The molecule has 28 heavy (non-hydrogen) atoms. The van der Waals surface area contributed by atoms with E-state index in [2.05, 4.69) is 17.3 Å². The van der Waals surface area contributed by atoms with E-state index in [-0.39, 0.29) is 11.2 Å². The average molecular weight is 419 g/mol. The number of hydrogen-bond donors (Lipinski definition) is 1. The third-order valence-corrected chi connectivity index (χ3v) is 6.22. The zero-order valence-corrected chi connectivity index (χ0v) is 17.9. The van der Waals surface area contributed by atoms with Gasteiger partial charge in [0.1, 0.15) is 11.9 Å². The molecule has 0 aliphatic carbocycles. The van der Waals surface area contributed by atoms with Crippen molar-refractivity contribution in [3.05, 3.63) is 59.1 Å². The molecule has 0 unspecified atom stereocenters. The van der Waals surface area contributed by atoms with Crippen LogP contribution in [0.2, 0.25) is 5.02 Å². The van der Waals surface area contributed by atoms with Gasteiger partial charge in [-0.3, -0.25) is 4.79 Å². The molecule has 0 aromatic heterocycles. The highest BCUT2D eigenvalue weighted by molar-refractivity contribution is 8.00. The summed E-state index contributed by atoms with van der Waals surface area (Å²) < 4.78 is 6.07. The van der Waals surface area contributed by atoms with Crippen molar-refractivity contribution in [1.82, 2.24) is 10.2 Å². The Balaban J connectivity index is 1.43. The fraction of sp³-hybridized carbons (Fsp3) is 0.409. The molecular weight excluding hydrogens is 392 g/mol. The van der Waals surface area contributed by atoms with Crippen LogP contribution in [0, 0.1) is 0 Å². The van der Waals surface area contributed by atoms with Crippen LogP contribution < -0.4 is 10.1 Å². The number of halogens is 1. The number of likely N-dealkylation sites (tertiary alicyclic amines) is 1. The number of carbonyl (C=O) groups is 1. The molecule has 1 heterocycles. The predicted octanol–water partition coefficient (Wildman–Crippen LogP) is 4.61. The Kier molecular flexibility index (Phi) is 7.65. The minimum absolute atomic E-state index is 0.0200. The van der Waals surface area contributed by atoms with Crippen molar-refractivity contribution in [2.45, 2.75) is 42.6 Å². The van der Waals surface area contributed by atoms with Gasteiger partial charge in [-0.2, -0.15) is 0 Å². The minimum atomic E-state index is -0.173. The van der Waals surface area contributed by atoms with Gasteiger partial charge in [-0.05, 0) is 68.8 Å². The summed E-state index contributed by atoms with van der Waals surface area (Å²) in [5.74, 6) is 0.919. The third-order valence-electron chi connectivity index (χ3n) is 4.85. The summed E-state index contributed by atoms with van der Waals surface area (Å²) in [5, 5.41) is 3.53. The number of ether oxygens (including phenoxy) is 1. The Morgan fingerprint density at radius 3 is 2.46 bits per heavy atom. The number of carbonyl (C=O) groups excluding carboxylic acids is 1. The van der Waals surface area contributed by atoms with E-state index < -0.39 is 0 Å². The van der Waals surface area contributed by atoms with Crippen LogP contribution in [0.15, 0.2) is 53.4 Å². The highest BCUT2D eigenvalue weighted by Crippen LogP contribution is 2.25. The third kappa shape index (κ3) is 6.43. The lowest BCUT2D eigenvalue weighted by molar-refractivity contribution is -0.120. The van der Waals surface area contributed by atoms with Gasteiger partial charge in [-0.15, -0.1) is 11.8 Å².